The Labute approximate surface area is 66.3 Å². The average molecular weight is 158 g/mol. The van der Waals surface area contributed by atoms with E-state index < -0.39 is 0 Å². The van der Waals surface area contributed by atoms with Crippen LogP contribution in [0.4, 0.5) is 0 Å². The molecule has 64 valence electrons. The molecule has 0 aliphatic carbocycles. The minimum absolute atomic E-state index is 0.00708. The summed E-state index contributed by atoms with van der Waals surface area (Å²) in [5.41, 5.74) is 5.30. The van der Waals surface area contributed by atoms with Crippen molar-refractivity contribution in [2.75, 3.05) is 6.61 Å². The highest BCUT2D eigenvalue weighted by atomic mass is 16.5. The van der Waals surface area contributed by atoms with E-state index in [4.69, 9.17) is 4.74 Å². The lowest BCUT2D eigenvalue weighted by atomic mass is 10.2. The minimum atomic E-state index is -0.0841. The molecule has 2 N–H and O–H groups in total. The van der Waals surface area contributed by atoms with Crippen LogP contribution >= 0.6 is 0 Å². The van der Waals surface area contributed by atoms with Crippen molar-refractivity contribution in [3.05, 3.63) is 0 Å². The van der Waals surface area contributed by atoms with Gasteiger partial charge in [-0.25, -0.2) is 5.43 Å². The van der Waals surface area contributed by atoms with Gasteiger partial charge in [-0.15, -0.1) is 0 Å². The number of hydrogen-bond acceptors (Lipinski definition) is 3. The van der Waals surface area contributed by atoms with Crippen LogP contribution in [0.1, 0.15) is 26.2 Å². The van der Waals surface area contributed by atoms with Gasteiger partial charge in [-0.1, -0.05) is 0 Å². The molecule has 0 aromatic carbocycles. The Morgan fingerprint density at radius 2 is 2.36 bits per heavy atom. The molecule has 1 amide bonds. The highest BCUT2D eigenvalue weighted by Crippen LogP contribution is 2.08. The number of hydrazine groups is 1. The number of ether oxygens (including phenoxy) is 1. The van der Waals surface area contributed by atoms with Crippen molar-refractivity contribution in [1.82, 2.24) is 10.9 Å². The maximum atomic E-state index is 10.5. The van der Waals surface area contributed by atoms with Gasteiger partial charge in [-0.3, -0.25) is 10.2 Å². The summed E-state index contributed by atoms with van der Waals surface area (Å²) in [5.74, 6) is -0.0841. The van der Waals surface area contributed by atoms with Gasteiger partial charge in [-0.05, 0) is 19.3 Å². The molecule has 1 unspecified atom stereocenters. The summed E-state index contributed by atoms with van der Waals surface area (Å²) < 4.78 is 5.30. The summed E-state index contributed by atoms with van der Waals surface area (Å²) in [6.45, 7) is 2.26. The number of carbonyl (C=O) groups excluding carboxylic acids is 1. The normalized spacial score (nSPS) is 24.6. The zero-order valence-electron chi connectivity index (χ0n) is 6.72. The maximum Gasteiger partial charge on any atom is 0.231 e. The summed E-state index contributed by atoms with van der Waals surface area (Å²) in [7, 11) is 0. The molecule has 1 atom stereocenters. The molecular weight excluding hydrogens is 144 g/mol. The largest absolute Gasteiger partial charge is 0.362 e. The number of carbonyl (C=O) groups is 1. The Hall–Kier alpha value is -0.610. The maximum absolute atomic E-state index is 10.5. The smallest absolute Gasteiger partial charge is 0.231 e. The van der Waals surface area contributed by atoms with E-state index in [0.29, 0.717) is 0 Å². The van der Waals surface area contributed by atoms with Gasteiger partial charge in [-0.2, -0.15) is 0 Å². The van der Waals surface area contributed by atoms with E-state index >= 15 is 0 Å². The van der Waals surface area contributed by atoms with Gasteiger partial charge in [0.2, 0.25) is 5.91 Å². The van der Waals surface area contributed by atoms with Crippen LogP contribution in [0.15, 0.2) is 0 Å². The highest BCUT2D eigenvalue weighted by Gasteiger charge is 2.12. The lowest BCUT2D eigenvalue weighted by Crippen LogP contribution is -2.45. The van der Waals surface area contributed by atoms with Crippen LogP contribution in [0.5, 0.6) is 0 Å². The molecule has 0 spiro atoms. The van der Waals surface area contributed by atoms with Gasteiger partial charge in [0.1, 0.15) is 6.23 Å². The van der Waals surface area contributed by atoms with Crippen LogP contribution in [0.3, 0.4) is 0 Å². The first-order valence-electron chi connectivity index (χ1n) is 3.93. The molecule has 1 aliphatic heterocycles. The first-order valence-corrected chi connectivity index (χ1v) is 3.93. The molecule has 1 aliphatic rings. The van der Waals surface area contributed by atoms with Crippen LogP contribution in [0.2, 0.25) is 0 Å². The molecule has 1 rings (SSSR count). The van der Waals surface area contributed by atoms with Crippen molar-refractivity contribution >= 4 is 5.91 Å². The van der Waals surface area contributed by atoms with Gasteiger partial charge < -0.3 is 4.74 Å². The monoisotopic (exact) mass is 158 g/mol. The lowest BCUT2D eigenvalue weighted by Gasteiger charge is -2.23. The van der Waals surface area contributed by atoms with E-state index in [2.05, 4.69) is 10.9 Å². The Balaban J connectivity index is 2.09. The fourth-order valence-electron chi connectivity index (χ4n) is 1.04. The molecule has 1 heterocycles. The van der Waals surface area contributed by atoms with Gasteiger partial charge >= 0.3 is 0 Å². The average Bonchev–Trinajstić information content (AvgIpc) is 2.03. The first kappa shape index (κ1) is 8.49. The standard InChI is InChI=1S/C7H14N2O2/c1-6(10)8-9-7-4-2-3-5-11-7/h7,9H,2-5H2,1H3,(H,8,10). The number of nitrogens with one attached hydrogen (secondary N) is 2. The summed E-state index contributed by atoms with van der Waals surface area (Å²) in [5, 5.41) is 0. The third-order valence-corrected chi connectivity index (χ3v) is 1.59. The van der Waals surface area contributed by atoms with E-state index in [0.717, 1.165) is 25.9 Å². The zero-order valence-corrected chi connectivity index (χ0v) is 6.72. The van der Waals surface area contributed by atoms with Crippen LogP contribution in [-0.4, -0.2) is 18.7 Å². The second-order valence-corrected chi connectivity index (χ2v) is 2.68. The lowest BCUT2D eigenvalue weighted by molar-refractivity contribution is -0.122. The van der Waals surface area contributed by atoms with Crippen LogP contribution in [-0.2, 0) is 9.53 Å². The third kappa shape index (κ3) is 3.34. The molecule has 4 nitrogen and oxygen atoms in total. The molecule has 0 aromatic rings. The van der Waals surface area contributed by atoms with Crippen molar-refractivity contribution in [3.8, 4) is 0 Å². The Morgan fingerprint density at radius 3 is 2.91 bits per heavy atom. The second-order valence-electron chi connectivity index (χ2n) is 2.68. The summed E-state index contributed by atoms with van der Waals surface area (Å²) in [4.78, 5) is 10.5. The molecule has 4 heteroatoms. The van der Waals surface area contributed by atoms with Crippen molar-refractivity contribution < 1.29 is 9.53 Å². The quantitative estimate of drug-likeness (QED) is 0.562. The van der Waals surface area contributed by atoms with Crippen molar-refractivity contribution in [1.29, 1.82) is 0 Å². The number of amides is 1. The first-order chi connectivity index (χ1) is 5.29. The predicted molar refractivity (Wildman–Crippen MR) is 40.5 cm³/mol. The van der Waals surface area contributed by atoms with E-state index in [1.807, 2.05) is 0 Å². The zero-order chi connectivity index (χ0) is 8.10. The van der Waals surface area contributed by atoms with Crippen molar-refractivity contribution in [3.63, 3.8) is 0 Å². The van der Waals surface area contributed by atoms with Gasteiger partial charge in [0, 0.05) is 13.5 Å². The van der Waals surface area contributed by atoms with E-state index in [1.165, 1.54) is 6.92 Å². The molecule has 0 bridgehead atoms. The second kappa shape index (κ2) is 4.31. The predicted octanol–water partition coefficient (Wildman–Crippen LogP) is 0.154. The van der Waals surface area contributed by atoms with Crippen LogP contribution in [0, 0.1) is 0 Å². The van der Waals surface area contributed by atoms with Gasteiger partial charge in [0.15, 0.2) is 0 Å². The van der Waals surface area contributed by atoms with Gasteiger partial charge in [0.05, 0.1) is 0 Å². The van der Waals surface area contributed by atoms with Crippen LogP contribution in [0.25, 0.3) is 0 Å². The molecule has 11 heavy (non-hydrogen) atoms. The molecule has 0 aromatic heterocycles. The Bertz CT molecular complexity index is 132. The summed E-state index contributed by atoms with van der Waals surface area (Å²) in [6.07, 6.45) is 3.27. The van der Waals surface area contributed by atoms with E-state index in [-0.39, 0.29) is 12.1 Å². The topological polar surface area (TPSA) is 50.4 Å². The van der Waals surface area contributed by atoms with Crippen molar-refractivity contribution in [2.45, 2.75) is 32.4 Å². The number of rotatable bonds is 2. The fourth-order valence-corrected chi connectivity index (χ4v) is 1.04. The Morgan fingerprint density at radius 1 is 1.55 bits per heavy atom. The molecular formula is C7H14N2O2. The Kier molecular flexibility index (Phi) is 3.32. The van der Waals surface area contributed by atoms with Gasteiger partial charge in [0.25, 0.3) is 0 Å². The third-order valence-electron chi connectivity index (χ3n) is 1.59. The van der Waals surface area contributed by atoms with E-state index in [9.17, 15) is 4.79 Å². The summed E-state index contributed by atoms with van der Waals surface area (Å²) in [6, 6.07) is 0. The molecule has 1 saturated heterocycles. The SMILES string of the molecule is CC(=O)NNC1CCCCO1. The minimum Gasteiger partial charge on any atom is -0.362 e. The van der Waals surface area contributed by atoms with Crippen LogP contribution < -0.4 is 10.9 Å². The number of hydrogen-bond donors (Lipinski definition) is 2. The molecule has 0 saturated carbocycles. The fraction of sp³-hybridized carbons (Fsp3) is 0.857. The van der Waals surface area contributed by atoms with E-state index in [1.54, 1.807) is 0 Å². The molecule has 1 fully saturated rings. The summed E-state index contributed by atoms with van der Waals surface area (Å²) >= 11 is 0. The molecule has 0 radical (unpaired) electrons. The van der Waals surface area contributed by atoms with Crippen molar-refractivity contribution in [2.24, 2.45) is 0 Å². The highest BCUT2D eigenvalue weighted by molar-refractivity contribution is 5.72.